The molecule has 2 N–H and O–H groups in total. The third-order valence-electron chi connectivity index (χ3n) is 3.92. The molecule has 0 aromatic heterocycles. The van der Waals surface area contributed by atoms with Gasteiger partial charge in [0.25, 0.3) is 0 Å². The zero-order valence-electron chi connectivity index (χ0n) is 12.2. The van der Waals surface area contributed by atoms with E-state index >= 15 is 0 Å². The second kappa shape index (κ2) is 6.48. The van der Waals surface area contributed by atoms with E-state index in [9.17, 15) is 8.42 Å². The second-order valence-electron chi connectivity index (χ2n) is 5.68. The van der Waals surface area contributed by atoms with E-state index in [4.69, 9.17) is 0 Å². The van der Waals surface area contributed by atoms with Crippen molar-refractivity contribution in [1.82, 2.24) is 0 Å². The minimum Gasteiger partial charge on any atom is -0.382 e. The van der Waals surface area contributed by atoms with E-state index in [-0.39, 0.29) is 5.75 Å². The Morgan fingerprint density at radius 3 is 2.15 bits per heavy atom. The van der Waals surface area contributed by atoms with Gasteiger partial charge in [0.15, 0.2) is 0 Å². The molecule has 0 unspecified atom stereocenters. The fraction of sp³-hybridized carbons (Fsp3) is 0.600. The maximum absolute atomic E-state index is 11.5. The molecule has 0 spiro atoms. The minimum atomic E-state index is -3.19. The van der Waals surface area contributed by atoms with Crippen LogP contribution in [0.5, 0.6) is 0 Å². The Balaban J connectivity index is 1.91. The molecule has 2 rings (SSSR count). The summed E-state index contributed by atoms with van der Waals surface area (Å²) < 4.78 is 25.5. The van der Waals surface area contributed by atoms with Crippen LogP contribution in [0.3, 0.4) is 0 Å². The highest BCUT2D eigenvalue weighted by molar-refractivity contribution is 7.92. The molecule has 0 atom stereocenters. The minimum absolute atomic E-state index is 0.0905. The lowest BCUT2D eigenvalue weighted by Gasteiger charge is -2.27. The third-order valence-corrected chi connectivity index (χ3v) is 5.23. The Labute approximate surface area is 122 Å². The Hall–Kier alpha value is -1.23. The Morgan fingerprint density at radius 2 is 1.60 bits per heavy atom. The smallest absolute Gasteiger partial charge is 0.232 e. The van der Waals surface area contributed by atoms with Crippen LogP contribution in [0.4, 0.5) is 11.4 Å². The predicted molar refractivity (Wildman–Crippen MR) is 84.6 cm³/mol. The maximum Gasteiger partial charge on any atom is 0.232 e. The molecule has 0 saturated heterocycles. The fourth-order valence-electron chi connectivity index (χ4n) is 2.53. The highest BCUT2D eigenvalue weighted by Gasteiger charge is 2.17. The first-order chi connectivity index (χ1) is 9.48. The van der Waals surface area contributed by atoms with E-state index in [1.54, 1.807) is 19.1 Å². The van der Waals surface area contributed by atoms with E-state index in [1.165, 1.54) is 25.7 Å². The van der Waals surface area contributed by atoms with Gasteiger partial charge in [-0.05, 0) is 62.8 Å². The van der Waals surface area contributed by atoms with E-state index in [1.807, 2.05) is 12.1 Å². The fourth-order valence-corrected chi connectivity index (χ4v) is 3.17. The number of anilines is 2. The quantitative estimate of drug-likeness (QED) is 0.875. The zero-order chi connectivity index (χ0) is 14.6. The molecule has 1 aliphatic carbocycles. The topological polar surface area (TPSA) is 58.2 Å². The maximum atomic E-state index is 11.5. The van der Waals surface area contributed by atoms with Crippen molar-refractivity contribution >= 4 is 21.4 Å². The second-order valence-corrected chi connectivity index (χ2v) is 7.69. The largest absolute Gasteiger partial charge is 0.382 e. The van der Waals surface area contributed by atoms with E-state index < -0.39 is 10.0 Å². The molecule has 0 bridgehead atoms. The van der Waals surface area contributed by atoms with Crippen LogP contribution in [0.1, 0.15) is 39.5 Å². The van der Waals surface area contributed by atoms with Crippen molar-refractivity contribution in [3.8, 4) is 0 Å². The van der Waals surface area contributed by atoms with Crippen molar-refractivity contribution < 1.29 is 8.42 Å². The highest BCUT2D eigenvalue weighted by Crippen LogP contribution is 2.26. The van der Waals surface area contributed by atoms with Crippen LogP contribution in [0, 0.1) is 5.92 Å². The average molecular weight is 296 g/mol. The normalized spacial score (nSPS) is 23.3. The van der Waals surface area contributed by atoms with Gasteiger partial charge < -0.3 is 5.32 Å². The van der Waals surface area contributed by atoms with E-state index in [2.05, 4.69) is 17.0 Å². The van der Waals surface area contributed by atoms with Gasteiger partial charge in [0.2, 0.25) is 10.0 Å². The summed E-state index contributed by atoms with van der Waals surface area (Å²) in [6.45, 7) is 3.94. The first-order valence-corrected chi connectivity index (χ1v) is 9.01. The lowest BCUT2D eigenvalue weighted by molar-refractivity contribution is 0.361. The van der Waals surface area contributed by atoms with Crippen LogP contribution in [-0.4, -0.2) is 20.2 Å². The van der Waals surface area contributed by atoms with Gasteiger partial charge in [0.05, 0.1) is 5.75 Å². The van der Waals surface area contributed by atoms with Crippen LogP contribution >= 0.6 is 0 Å². The zero-order valence-corrected chi connectivity index (χ0v) is 13.0. The van der Waals surface area contributed by atoms with Crippen molar-refractivity contribution in [2.24, 2.45) is 5.92 Å². The molecule has 1 fully saturated rings. The summed E-state index contributed by atoms with van der Waals surface area (Å²) in [5, 5.41) is 3.53. The summed E-state index contributed by atoms with van der Waals surface area (Å²) >= 11 is 0. The van der Waals surface area contributed by atoms with Gasteiger partial charge in [-0.15, -0.1) is 0 Å². The molecule has 5 heteroatoms. The number of hydrogen-bond acceptors (Lipinski definition) is 3. The lowest BCUT2D eigenvalue weighted by Crippen LogP contribution is -2.25. The van der Waals surface area contributed by atoms with Crippen LogP contribution in [-0.2, 0) is 10.0 Å². The van der Waals surface area contributed by atoms with Crippen molar-refractivity contribution in [3.05, 3.63) is 24.3 Å². The van der Waals surface area contributed by atoms with Gasteiger partial charge in [0, 0.05) is 17.4 Å². The number of sulfonamides is 1. The molecule has 1 aromatic rings. The van der Waals surface area contributed by atoms with Crippen LogP contribution in [0.25, 0.3) is 0 Å². The first kappa shape index (κ1) is 15.2. The van der Waals surface area contributed by atoms with Gasteiger partial charge in [-0.3, -0.25) is 4.72 Å². The third kappa shape index (κ3) is 4.40. The van der Waals surface area contributed by atoms with Gasteiger partial charge in [-0.2, -0.15) is 0 Å². The molecule has 20 heavy (non-hydrogen) atoms. The highest BCUT2D eigenvalue weighted by atomic mass is 32.2. The van der Waals surface area contributed by atoms with Crippen LogP contribution < -0.4 is 10.0 Å². The molecule has 0 aliphatic heterocycles. The molecule has 0 heterocycles. The Bertz CT molecular complexity index is 517. The Morgan fingerprint density at radius 1 is 1.05 bits per heavy atom. The molecule has 0 amide bonds. The van der Waals surface area contributed by atoms with Gasteiger partial charge in [-0.25, -0.2) is 8.42 Å². The van der Waals surface area contributed by atoms with Crippen LogP contribution in [0.2, 0.25) is 0 Å². The molecule has 0 radical (unpaired) electrons. The van der Waals surface area contributed by atoms with Crippen LogP contribution in [0.15, 0.2) is 24.3 Å². The summed E-state index contributed by atoms with van der Waals surface area (Å²) in [7, 11) is -3.19. The monoisotopic (exact) mass is 296 g/mol. The summed E-state index contributed by atoms with van der Waals surface area (Å²) in [6, 6.07) is 8.03. The molecule has 1 aliphatic rings. The Kier molecular flexibility index (Phi) is 4.91. The van der Waals surface area contributed by atoms with Gasteiger partial charge in [-0.1, -0.05) is 6.92 Å². The summed E-state index contributed by atoms with van der Waals surface area (Å²) in [6.07, 6.45) is 4.99. The molecular formula is C15H24N2O2S. The number of benzene rings is 1. The van der Waals surface area contributed by atoms with Crippen molar-refractivity contribution in [2.75, 3.05) is 15.8 Å². The number of nitrogens with one attached hydrogen (secondary N) is 2. The molecule has 1 saturated carbocycles. The SMILES string of the molecule is CCS(=O)(=O)Nc1ccc(NC2CCC(C)CC2)cc1. The van der Waals surface area contributed by atoms with E-state index in [0.717, 1.165) is 11.6 Å². The predicted octanol–water partition coefficient (Wildman–Crippen LogP) is 3.44. The summed E-state index contributed by atoms with van der Waals surface area (Å²) in [4.78, 5) is 0. The van der Waals surface area contributed by atoms with Gasteiger partial charge >= 0.3 is 0 Å². The molecule has 112 valence electrons. The summed E-state index contributed by atoms with van der Waals surface area (Å²) in [5.41, 5.74) is 1.68. The average Bonchev–Trinajstić information content (AvgIpc) is 2.43. The summed E-state index contributed by atoms with van der Waals surface area (Å²) in [5.74, 6) is 0.937. The number of hydrogen-bond donors (Lipinski definition) is 2. The molecule has 1 aromatic carbocycles. The first-order valence-electron chi connectivity index (χ1n) is 7.35. The standard InChI is InChI=1S/C15H24N2O2S/c1-3-20(18,19)17-15-10-8-14(9-11-15)16-13-6-4-12(2)5-7-13/h8-13,16-17H,3-7H2,1-2H3. The van der Waals surface area contributed by atoms with Gasteiger partial charge in [0.1, 0.15) is 0 Å². The number of rotatable bonds is 5. The van der Waals surface area contributed by atoms with Crippen molar-refractivity contribution in [2.45, 2.75) is 45.6 Å². The lowest BCUT2D eigenvalue weighted by atomic mass is 9.87. The van der Waals surface area contributed by atoms with Crippen molar-refractivity contribution in [1.29, 1.82) is 0 Å². The molecule has 4 nitrogen and oxygen atoms in total. The van der Waals surface area contributed by atoms with Crippen molar-refractivity contribution in [3.63, 3.8) is 0 Å². The molecular weight excluding hydrogens is 272 g/mol. The van der Waals surface area contributed by atoms with E-state index in [0.29, 0.717) is 11.7 Å².